The Bertz CT molecular complexity index is 824. The van der Waals surface area contributed by atoms with Gasteiger partial charge in [-0.1, -0.05) is 45.0 Å². The molecule has 0 aliphatic heterocycles. The molecular formula is C23H30N2. The Balaban J connectivity index is 2.15. The zero-order chi connectivity index (χ0) is 18.4. The zero-order valence-corrected chi connectivity index (χ0v) is 16.5. The third-order valence-electron chi connectivity index (χ3n) is 5.07. The van der Waals surface area contributed by atoms with E-state index in [2.05, 4.69) is 94.8 Å². The van der Waals surface area contributed by atoms with Crippen LogP contribution < -0.4 is 0 Å². The highest BCUT2D eigenvalue weighted by Gasteiger charge is 2.24. The summed E-state index contributed by atoms with van der Waals surface area (Å²) in [5.74, 6) is 0.205. The molecule has 0 unspecified atom stereocenters. The van der Waals surface area contributed by atoms with Crippen molar-refractivity contribution in [1.29, 1.82) is 0 Å². The van der Waals surface area contributed by atoms with Gasteiger partial charge in [-0.05, 0) is 67.5 Å². The van der Waals surface area contributed by atoms with Gasteiger partial charge in [0.15, 0.2) is 0 Å². The molecule has 2 aromatic heterocycles. The molecule has 25 heavy (non-hydrogen) atoms. The van der Waals surface area contributed by atoms with Gasteiger partial charge in [0.2, 0.25) is 0 Å². The second-order valence-electron chi connectivity index (χ2n) is 8.40. The van der Waals surface area contributed by atoms with E-state index in [1.165, 1.54) is 45.0 Å². The standard InChI is InChI=1S/C23H30N2/c1-14-12-16(3)24-21(14)20(22-15(2)13-17(4)25-22)18-8-10-19(11-9-18)23(5,6)7/h8-13,20,24-25H,1-7H3. The maximum atomic E-state index is 3.60. The molecule has 2 nitrogen and oxygen atoms in total. The minimum atomic E-state index is 0.173. The Morgan fingerprint density at radius 3 is 1.48 bits per heavy atom. The Morgan fingerprint density at radius 1 is 0.720 bits per heavy atom. The SMILES string of the molecule is Cc1cc(C)c(C(c2ccc(C(C)(C)C)cc2)c2[nH]c(C)cc2C)[nH]1. The number of nitrogens with one attached hydrogen (secondary N) is 2. The molecule has 0 atom stereocenters. The second kappa shape index (κ2) is 6.25. The van der Waals surface area contributed by atoms with E-state index >= 15 is 0 Å². The lowest BCUT2D eigenvalue weighted by Gasteiger charge is -2.22. The van der Waals surface area contributed by atoms with E-state index in [9.17, 15) is 0 Å². The molecule has 132 valence electrons. The van der Waals surface area contributed by atoms with E-state index < -0.39 is 0 Å². The molecule has 0 aliphatic carbocycles. The molecule has 2 heteroatoms. The zero-order valence-electron chi connectivity index (χ0n) is 16.5. The molecule has 2 heterocycles. The maximum absolute atomic E-state index is 3.60. The van der Waals surface area contributed by atoms with Gasteiger partial charge in [0.1, 0.15) is 0 Å². The lowest BCUT2D eigenvalue weighted by atomic mass is 9.83. The topological polar surface area (TPSA) is 31.6 Å². The van der Waals surface area contributed by atoms with Crippen molar-refractivity contribution in [2.45, 2.75) is 59.8 Å². The van der Waals surface area contributed by atoms with E-state index in [0.29, 0.717) is 0 Å². The Kier molecular flexibility index (Phi) is 4.40. The van der Waals surface area contributed by atoms with Gasteiger partial charge in [0.05, 0.1) is 5.92 Å². The first-order valence-corrected chi connectivity index (χ1v) is 9.09. The number of hydrogen-bond donors (Lipinski definition) is 2. The quantitative estimate of drug-likeness (QED) is 0.584. The first-order valence-electron chi connectivity index (χ1n) is 9.09. The molecule has 0 radical (unpaired) electrons. The number of aromatic nitrogens is 2. The van der Waals surface area contributed by atoms with Gasteiger partial charge < -0.3 is 9.97 Å². The van der Waals surface area contributed by atoms with Crippen LogP contribution in [0.5, 0.6) is 0 Å². The highest BCUT2D eigenvalue weighted by atomic mass is 14.8. The molecule has 0 saturated heterocycles. The van der Waals surface area contributed by atoms with Crippen molar-refractivity contribution in [3.8, 4) is 0 Å². The average Bonchev–Trinajstić information content (AvgIpc) is 3.01. The van der Waals surface area contributed by atoms with Crippen molar-refractivity contribution in [2.24, 2.45) is 0 Å². The van der Waals surface area contributed by atoms with Gasteiger partial charge in [-0.3, -0.25) is 0 Å². The van der Waals surface area contributed by atoms with E-state index in [1.807, 2.05) is 0 Å². The molecule has 0 fully saturated rings. The van der Waals surface area contributed by atoms with E-state index in [4.69, 9.17) is 0 Å². The number of aromatic amines is 2. The van der Waals surface area contributed by atoms with Crippen LogP contribution in [0, 0.1) is 27.7 Å². The summed E-state index contributed by atoms with van der Waals surface area (Å²) in [4.78, 5) is 7.21. The highest BCUT2D eigenvalue weighted by molar-refractivity contribution is 5.46. The average molecular weight is 335 g/mol. The molecule has 0 spiro atoms. The van der Waals surface area contributed by atoms with Gasteiger partial charge in [0, 0.05) is 22.8 Å². The summed E-state index contributed by atoms with van der Waals surface area (Å²) in [5, 5.41) is 0. The van der Waals surface area contributed by atoms with Crippen molar-refractivity contribution in [3.05, 3.63) is 81.4 Å². The molecule has 2 N–H and O–H groups in total. The first kappa shape index (κ1) is 17.6. The van der Waals surface area contributed by atoms with Crippen LogP contribution in [0.3, 0.4) is 0 Å². The van der Waals surface area contributed by atoms with E-state index in [0.717, 1.165) is 0 Å². The van der Waals surface area contributed by atoms with Crippen LogP contribution in [0.25, 0.3) is 0 Å². The lowest BCUT2D eigenvalue weighted by molar-refractivity contribution is 0.590. The summed E-state index contributed by atoms with van der Waals surface area (Å²) in [5.41, 5.74) is 10.5. The minimum absolute atomic E-state index is 0.173. The highest BCUT2D eigenvalue weighted by Crippen LogP contribution is 2.36. The maximum Gasteiger partial charge on any atom is 0.0646 e. The van der Waals surface area contributed by atoms with Crippen LogP contribution in [0.2, 0.25) is 0 Å². The third kappa shape index (κ3) is 3.44. The number of rotatable bonds is 3. The fourth-order valence-electron chi connectivity index (χ4n) is 3.75. The lowest BCUT2D eigenvalue weighted by Crippen LogP contribution is -2.12. The molecule has 0 saturated carbocycles. The van der Waals surface area contributed by atoms with Crippen molar-refractivity contribution in [3.63, 3.8) is 0 Å². The van der Waals surface area contributed by atoms with Gasteiger partial charge in [0.25, 0.3) is 0 Å². The van der Waals surface area contributed by atoms with E-state index in [-0.39, 0.29) is 11.3 Å². The van der Waals surface area contributed by atoms with Crippen molar-refractivity contribution in [2.75, 3.05) is 0 Å². The predicted octanol–water partition coefficient (Wildman–Crippen LogP) is 6.05. The Hall–Kier alpha value is -2.22. The summed E-state index contributed by atoms with van der Waals surface area (Å²) in [6.07, 6.45) is 0. The van der Waals surface area contributed by atoms with Crippen LogP contribution >= 0.6 is 0 Å². The fraction of sp³-hybridized carbons (Fsp3) is 0.391. The summed E-state index contributed by atoms with van der Waals surface area (Å²) in [7, 11) is 0. The van der Waals surface area contributed by atoms with Gasteiger partial charge in [-0.25, -0.2) is 0 Å². The van der Waals surface area contributed by atoms with Crippen LogP contribution in [0.15, 0.2) is 36.4 Å². The number of benzene rings is 1. The molecule has 3 rings (SSSR count). The summed E-state index contributed by atoms with van der Waals surface area (Å²) in [6.45, 7) is 15.4. The number of hydrogen-bond acceptors (Lipinski definition) is 0. The molecular weight excluding hydrogens is 304 g/mol. The van der Waals surface area contributed by atoms with Gasteiger partial charge in [-0.2, -0.15) is 0 Å². The smallest absolute Gasteiger partial charge is 0.0646 e. The number of aryl methyl sites for hydroxylation is 4. The molecule has 0 amide bonds. The van der Waals surface area contributed by atoms with Crippen LogP contribution in [0.4, 0.5) is 0 Å². The fourth-order valence-corrected chi connectivity index (χ4v) is 3.75. The van der Waals surface area contributed by atoms with Crippen molar-refractivity contribution < 1.29 is 0 Å². The molecule has 0 bridgehead atoms. The molecule has 1 aromatic carbocycles. The third-order valence-corrected chi connectivity index (χ3v) is 5.07. The first-order chi connectivity index (χ1) is 11.7. The number of H-pyrrole nitrogens is 2. The largest absolute Gasteiger partial charge is 0.361 e. The van der Waals surface area contributed by atoms with Crippen LogP contribution in [-0.4, -0.2) is 9.97 Å². The Morgan fingerprint density at radius 2 is 1.16 bits per heavy atom. The van der Waals surface area contributed by atoms with Gasteiger partial charge in [-0.15, -0.1) is 0 Å². The van der Waals surface area contributed by atoms with Crippen molar-refractivity contribution >= 4 is 0 Å². The monoisotopic (exact) mass is 334 g/mol. The summed E-state index contributed by atoms with van der Waals surface area (Å²) >= 11 is 0. The second-order valence-corrected chi connectivity index (χ2v) is 8.40. The normalized spacial score (nSPS) is 12.2. The predicted molar refractivity (Wildman–Crippen MR) is 107 cm³/mol. The van der Waals surface area contributed by atoms with Crippen LogP contribution in [-0.2, 0) is 5.41 Å². The summed E-state index contributed by atoms with van der Waals surface area (Å²) < 4.78 is 0. The van der Waals surface area contributed by atoms with Crippen LogP contribution in [0.1, 0.15) is 71.7 Å². The molecule has 0 aliphatic rings. The summed E-state index contributed by atoms with van der Waals surface area (Å²) in [6, 6.07) is 13.6. The van der Waals surface area contributed by atoms with Crippen molar-refractivity contribution in [1.82, 2.24) is 9.97 Å². The van der Waals surface area contributed by atoms with E-state index in [1.54, 1.807) is 0 Å². The van der Waals surface area contributed by atoms with Gasteiger partial charge >= 0.3 is 0 Å². The molecule has 3 aromatic rings. The minimum Gasteiger partial charge on any atom is -0.361 e. The Labute approximate surface area is 151 Å².